The van der Waals surface area contributed by atoms with Crippen molar-refractivity contribution in [1.82, 2.24) is 0 Å². The molecule has 0 spiro atoms. The highest BCUT2D eigenvalue weighted by molar-refractivity contribution is 4.83. The Morgan fingerprint density at radius 3 is 2.57 bits per heavy atom. The second kappa shape index (κ2) is 4.91. The van der Waals surface area contributed by atoms with E-state index >= 15 is 0 Å². The van der Waals surface area contributed by atoms with Crippen molar-refractivity contribution in [3.05, 3.63) is 12.7 Å². The van der Waals surface area contributed by atoms with E-state index in [1.807, 2.05) is 20.8 Å². The summed E-state index contributed by atoms with van der Waals surface area (Å²) in [5.74, 6) is 0.412. The third-order valence-corrected chi connectivity index (χ3v) is 3.01. The van der Waals surface area contributed by atoms with Gasteiger partial charge in [-0.3, -0.25) is 0 Å². The largest absolute Gasteiger partial charge is 0.390 e. The van der Waals surface area contributed by atoms with Gasteiger partial charge in [-0.25, -0.2) is 0 Å². The van der Waals surface area contributed by atoms with Crippen LogP contribution < -0.4 is 0 Å². The molecule has 2 unspecified atom stereocenters. The van der Waals surface area contributed by atoms with Crippen molar-refractivity contribution in [3.8, 4) is 0 Å². The molecule has 1 aliphatic heterocycles. The minimum atomic E-state index is -0.395. The molecule has 1 rings (SSSR count). The molecule has 0 aliphatic carbocycles. The summed E-state index contributed by atoms with van der Waals surface area (Å²) in [6, 6.07) is 0. The Bertz CT molecular complexity index is 193. The standard InChI is InChI=1S/C11H20O3/c1-5-6-13-11-8(3)7(2)10(12)9(4)14-11/h5,7-12H,1,6H2,2-4H3/t7?,8-,9?,10-,11+/m1/s1. The van der Waals surface area contributed by atoms with Crippen LogP contribution in [0.1, 0.15) is 20.8 Å². The fraction of sp³-hybridized carbons (Fsp3) is 0.818. The van der Waals surface area contributed by atoms with Crippen LogP contribution in [0.2, 0.25) is 0 Å². The highest BCUT2D eigenvalue weighted by atomic mass is 16.7. The van der Waals surface area contributed by atoms with Crippen LogP contribution in [0, 0.1) is 11.8 Å². The molecule has 14 heavy (non-hydrogen) atoms. The molecule has 0 saturated carbocycles. The Hall–Kier alpha value is -0.380. The van der Waals surface area contributed by atoms with Crippen LogP contribution in [0.3, 0.4) is 0 Å². The molecule has 1 heterocycles. The lowest BCUT2D eigenvalue weighted by Gasteiger charge is -2.40. The zero-order valence-electron chi connectivity index (χ0n) is 9.14. The maximum Gasteiger partial charge on any atom is 0.161 e. The number of ether oxygens (including phenoxy) is 2. The smallest absolute Gasteiger partial charge is 0.161 e. The number of rotatable bonds is 3. The Kier molecular flexibility index (Phi) is 4.11. The molecular weight excluding hydrogens is 180 g/mol. The van der Waals surface area contributed by atoms with E-state index in [4.69, 9.17) is 9.47 Å². The van der Waals surface area contributed by atoms with E-state index in [1.165, 1.54) is 0 Å². The Balaban J connectivity index is 2.55. The lowest BCUT2D eigenvalue weighted by Crippen LogP contribution is -2.48. The number of aliphatic hydroxyl groups excluding tert-OH is 1. The van der Waals surface area contributed by atoms with Gasteiger partial charge < -0.3 is 14.6 Å². The van der Waals surface area contributed by atoms with Gasteiger partial charge in [-0.05, 0) is 12.8 Å². The fourth-order valence-corrected chi connectivity index (χ4v) is 1.76. The van der Waals surface area contributed by atoms with Crippen molar-refractivity contribution in [2.24, 2.45) is 11.8 Å². The predicted molar refractivity (Wildman–Crippen MR) is 54.8 cm³/mol. The molecule has 3 heteroatoms. The molecule has 82 valence electrons. The van der Waals surface area contributed by atoms with Gasteiger partial charge in [-0.1, -0.05) is 19.9 Å². The highest BCUT2D eigenvalue weighted by Crippen LogP contribution is 2.30. The monoisotopic (exact) mass is 200 g/mol. The van der Waals surface area contributed by atoms with Crippen molar-refractivity contribution >= 4 is 0 Å². The lowest BCUT2D eigenvalue weighted by molar-refractivity contribution is -0.254. The normalized spacial score (nSPS) is 43.6. The quantitative estimate of drug-likeness (QED) is 0.703. The Morgan fingerprint density at radius 1 is 1.36 bits per heavy atom. The summed E-state index contributed by atoms with van der Waals surface area (Å²) >= 11 is 0. The van der Waals surface area contributed by atoms with Crippen LogP contribution in [0.25, 0.3) is 0 Å². The summed E-state index contributed by atoms with van der Waals surface area (Å²) in [5.41, 5.74) is 0. The van der Waals surface area contributed by atoms with Gasteiger partial charge in [-0.2, -0.15) is 0 Å². The molecule has 1 N–H and O–H groups in total. The topological polar surface area (TPSA) is 38.7 Å². The first kappa shape index (κ1) is 11.7. The number of hydrogen-bond acceptors (Lipinski definition) is 3. The fourth-order valence-electron chi connectivity index (χ4n) is 1.76. The Morgan fingerprint density at radius 2 is 2.00 bits per heavy atom. The van der Waals surface area contributed by atoms with Crippen molar-refractivity contribution in [3.63, 3.8) is 0 Å². The molecule has 1 aliphatic rings. The van der Waals surface area contributed by atoms with Gasteiger partial charge in [0.15, 0.2) is 6.29 Å². The molecule has 0 radical (unpaired) electrons. The third-order valence-electron chi connectivity index (χ3n) is 3.01. The minimum Gasteiger partial charge on any atom is -0.390 e. The number of hydrogen-bond donors (Lipinski definition) is 1. The van der Waals surface area contributed by atoms with Crippen molar-refractivity contribution in [2.45, 2.75) is 39.3 Å². The average molecular weight is 200 g/mol. The van der Waals surface area contributed by atoms with Gasteiger partial charge in [0.1, 0.15) is 0 Å². The summed E-state index contributed by atoms with van der Waals surface area (Å²) in [5, 5.41) is 9.76. The molecule has 1 saturated heterocycles. The summed E-state index contributed by atoms with van der Waals surface area (Å²) in [6.45, 7) is 10.0. The van der Waals surface area contributed by atoms with Crippen LogP contribution >= 0.6 is 0 Å². The first-order valence-electron chi connectivity index (χ1n) is 5.14. The SMILES string of the molecule is C=CCO[C@H]1OC(C)[C@H](O)C(C)[C@H]1C. The van der Waals surface area contributed by atoms with Crippen LogP contribution in [0.4, 0.5) is 0 Å². The summed E-state index contributed by atoms with van der Waals surface area (Å²) in [6.07, 6.45) is 0.933. The van der Waals surface area contributed by atoms with E-state index in [-0.39, 0.29) is 24.2 Å². The van der Waals surface area contributed by atoms with Crippen LogP contribution in [-0.4, -0.2) is 30.2 Å². The molecule has 1 fully saturated rings. The van der Waals surface area contributed by atoms with Gasteiger partial charge in [0.05, 0.1) is 18.8 Å². The van der Waals surface area contributed by atoms with Gasteiger partial charge >= 0.3 is 0 Å². The minimum absolute atomic E-state index is 0.156. The average Bonchev–Trinajstić information content (AvgIpc) is 2.18. The predicted octanol–water partition coefficient (Wildman–Crippen LogP) is 1.57. The van der Waals surface area contributed by atoms with E-state index in [2.05, 4.69) is 6.58 Å². The Labute approximate surface area is 85.7 Å². The van der Waals surface area contributed by atoms with E-state index in [9.17, 15) is 5.11 Å². The molecule has 0 aromatic carbocycles. The second-order valence-electron chi connectivity index (χ2n) is 4.04. The second-order valence-corrected chi connectivity index (χ2v) is 4.04. The van der Waals surface area contributed by atoms with E-state index < -0.39 is 6.10 Å². The first-order valence-corrected chi connectivity index (χ1v) is 5.14. The van der Waals surface area contributed by atoms with Crippen LogP contribution in [0.5, 0.6) is 0 Å². The van der Waals surface area contributed by atoms with Gasteiger partial charge in [0.25, 0.3) is 0 Å². The van der Waals surface area contributed by atoms with E-state index in [0.29, 0.717) is 6.61 Å². The van der Waals surface area contributed by atoms with Crippen molar-refractivity contribution < 1.29 is 14.6 Å². The molecule has 0 aromatic heterocycles. The molecule has 0 amide bonds. The van der Waals surface area contributed by atoms with Gasteiger partial charge in [0.2, 0.25) is 0 Å². The summed E-state index contributed by atoms with van der Waals surface area (Å²) in [4.78, 5) is 0. The maximum atomic E-state index is 9.76. The van der Waals surface area contributed by atoms with E-state index in [0.717, 1.165) is 0 Å². The molecule has 5 atom stereocenters. The van der Waals surface area contributed by atoms with Crippen LogP contribution in [0.15, 0.2) is 12.7 Å². The molecule has 0 bridgehead atoms. The highest BCUT2D eigenvalue weighted by Gasteiger charge is 2.38. The zero-order valence-corrected chi connectivity index (χ0v) is 9.14. The first-order chi connectivity index (χ1) is 6.57. The third kappa shape index (κ3) is 2.35. The number of aliphatic hydroxyl groups is 1. The van der Waals surface area contributed by atoms with Gasteiger partial charge in [0, 0.05) is 5.92 Å². The molecule has 0 aromatic rings. The van der Waals surface area contributed by atoms with Crippen molar-refractivity contribution in [1.29, 1.82) is 0 Å². The zero-order chi connectivity index (χ0) is 10.7. The van der Waals surface area contributed by atoms with E-state index in [1.54, 1.807) is 6.08 Å². The van der Waals surface area contributed by atoms with Crippen LogP contribution in [-0.2, 0) is 9.47 Å². The molecular formula is C11H20O3. The van der Waals surface area contributed by atoms with Gasteiger partial charge in [-0.15, -0.1) is 6.58 Å². The summed E-state index contributed by atoms with van der Waals surface area (Å²) < 4.78 is 11.0. The lowest BCUT2D eigenvalue weighted by atomic mass is 9.85. The maximum absolute atomic E-state index is 9.76. The molecule has 3 nitrogen and oxygen atoms in total. The van der Waals surface area contributed by atoms with Crippen molar-refractivity contribution in [2.75, 3.05) is 6.61 Å². The summed E-state index contributed by atoms with van der Waals surface area (Å²) in [7, 11) is 0.